The van der Waals surface area contributed by atoms with Crippen molar-refractivity contribution in [1.82, 2.24) is 10.2 Å². The van der Waals surface area contributed by atoms with Gasteiger partial charge in [0.1, 0.15) is 6.20 Å². The van der Waals surface area contributed by atoms with Gasteiger partial charge in [-0.3, -0.25) is 15.2 Å². The summed E-state index contributed by atoms with van der Waals surface area (Å²) in [6.07, 6.45) is 1.15. The van der Waals surface area contributed by atoms with Crippen LogP contribution in [0.25, 0.3) is 0 Å². The van der Waals surface area contributed by atoms with Crippen molar-refractivity contribution in [2.24, 2.45) is 0 Å². The molecule has 0 aliphatic heterocycles. The molecule has 16 heavy (non-hydrogen) atoms. The Morgan fingerprint density at radius 1 is 1.50 bits per heavy atom. The first-order valence-electron chi connectivity index (χ1n) is 4.37. The topological polar surface area (TPSA) is 83.8 Å². The summed E-state index contributed by atoms with van der Waals surface area (Å²) < 4.78 is 0. The first kappa shape index (κ1) is 10.4. The summed E-state index contributed by atoms with van der Waals surface area (Å²) in [6, 6.07) is 6.86. The first-order chi connectivity index (χ1) is 7.66. The van der Waals surface area contributed by atoms with Crippen LogP contribution in [0, 0.1) is 10.1 Å². The Labute approximate surface area is 95.4 Å². The Hall–Kier alpha value is -2.08. The molecule has 2 aromatic rings. The Bertz CT molecular complexity index is 526. The summed E-state index contributed by atoms with van der Waals surface area (Å²) in [6.45, 7) is 0. The highest BCUT2D eigenvalue weighted by molar-refractivity contribution is 6.30. The van der Waals surface area contributed by atoms with Crippen molar-refractivity contribution in [3.05, 3.63) is 45.6 Å². The third kappa shape index (κ3) is 2.12. The van der Waals surface area contributed by atoms with E-state index in [4.69, 9.17) is 11.6 Å². The summed E-state index contributed by atoms with van der Waals surface area (Å²) >= 11 is 5.79. The predicted octanol–water partition coefficient (Wildman–Crippen LogP) is 2.71. The second kappa shape index (κ2) is 4.19. The van der Waals surface area contributed by atoms with E-state index in [-0.39, 0.29) is 11.5 Å². The molecule has 0 saturated heterocycles. The zero-order valence-electron chi connectivity index (χ0n) is 7.98. The number of anilines is 2. The lowest BCUT2D eigenvalue weighted by Crippen LogP contribution is -1.95. The van der Waals surface area contributed by atoms with Gasteiger partial charge in [-0.15, -0.1) is 0 Å². The Morgan fingerprint density at radius 2 is 2.31 bits per heavy atom. The third-order valence-electron chi connectivity index (χ3n) is 1.91. The molecule has 6 nitrogen and oxygen atoms in total. The van der Waals surface area contributed by atoms with Gasteiger partial charge in [-0.1, -0.05) is 17.7 Å². The minimum absolute atomic E-state index is 0.111. The van der Waals surface area contributed by atoms with E-state index in [1.54, 1.807) is 24.3 Å². The fourth-order valence-electron chi connectivity index (χ4n) is 1.22. The van der Waals surface area contributed by atoms with Gasteiger partial charge in [-0.25, -0.2) is 0 Å². The average molecular weight is 239 g/mol. The second-order valence-corrected chi connectivity index (χ2v) is 3.46. The minimum atomic E-state index is -0.517. The number of aromatic nitrogens is 2. The zero-order chi connectivity index (χ0) is 11.5. The number of benzene rings is 1. The molecule has 82 valence electrons. The van der Waals surface area contributed by atoms with Crippen LogP contribution in [0.4, 0.5) is 17.2 Å². The molecule has 0 unspecified atom stereocenters. The smallest absolute Gasteiger partial charge is 0.330 e. The monoisotopic (exact) mass is 238 g/mol. The van der Waals surface area contributed by atoms with Crippen molar-refractivity contribution in [3.63, 3.8) is 0 Å². The first-order valence-corrected chi connectivity index (χ1v) is 4.75. The number of rotatable bonds is 3. The molecular weight excluding hydrogens is 232 g/mol. The molecule has 0 saturated carbocycles. The Morgan fingerprint density at radius 3 is 3.00 bits per heavy atom. The largest absolute Gasteiger partial charge is 0.335 e. The van der Waals surface area contributed by atoms with Crippen LogP contribution in [0.15, 0.2) is 30.5 Å². The fourth-order valence-corrected chi connectivity index (χ4v) is 1.41. The third-order valence-corrected chi connectivity index (χ3v) is 2.15. The number of H-pyrrole nitrogens is 1. The lowest BCUT2D eigenvalue weighted by Gasteiger charge is -2.02. The van der Waals surface area contributed by atoms with E-state index in [0.717, 1.165) is 6.20 Å². The second-order valence-electron chi connectivity index (χ2n) is 3.02. The van der Waals surface area contributed by atoms with E-state index in [2.05, 4.69) is 15.5 Å². The van der Waals surface area contributed by atoms with Gasteiger partial charge in [0, 0.05) is 10.7 Å². The highest BCUT2D eigenvalue weighted by Gasteiger charge is 2.15. The molecule has 0 amide bonds. The molecule has 0 bridgehead atoms. The van der Waals surface area contributed by atoms with Gasteiger partial charge < -0.3 is 5.32 Å². The number of nitro groups is 1. The molecule has 0 aliphatic carbocycles. The van der Waals surface area contributed by atoms with E-state index >= 15 is 0 Å². The van der Waals surface area contributed by atoms with Crippen molar-refractivity contribution >= 4 is 28.8 Å². The highest BCUT2D eigenvalue weighted by Crippen LogP contribution is 2.25. The fraction of sp³-hybridized carbons (Fsp3) is 0. The zero-order valence-corrected chi connectivity index (χ0v) is 8.73. The quantitative estimate of drug-likeness (QED) is 0.636. The maximum absolute atomic E-state index is 10.6. The van der Waals surface area contributed by atoms with Gasteiger partial charge in [0.25, 0.3) is 0 Å². The molecule has 0 spiro atoms. The molecule has 1 heterocycles. The van der Waals surface area contributed by atoms with Gasteiger partial charge >= 0.3 is 5.69 Å². The normalized spacial score (nSPS) is 10.1. The Balaban J connectivity index is 2.27. The molecule has 0 aliphatic rings. The molecule has 0 fully saturated rings. The van der Waals surface area contributed by atoms with Crippen LogP contribution < -0.4 is 5.32 Å². The van der Waals surface area contributed by atoms with Crippen LogP contribution in [0.3, 0.4) is 0 Å². The molecule has 2 rings (SSSR count). The average Bonchev–Trinajstić information content (AvgIpc) is 2.66. The summed E-state index contributed by atoms with van der Waals surface area (Å²) in [5, 5.41) is 20.1. The minimum Gasteiger partial charge on any atom is -0.335 e. The number of hydrogen-bond donors (Lipinski definition) is 2. The van der Waals surface area contributed by atoms with Gasteiger partial charge in [-0.05, 0) is 18.2 Å². The van der Waals surface area contributed by atoms with E-state index in [1.807, 2.05) is 0 Å². The lowest BCUT2D eigenvalue weighted by molar-refractivity contribution is -0.383. The summed E-state index contributed by atoms with van der Waals surface area (Å²) in [7, 11) is 0. The highest BCUT2D eigenvalue weighted by atomic mass is 35.5. The summed E-state index contributed by atoms with van der Waals surface area (Å²) in [4.78, 5) is 10.1. The van der Waals surface area contributed by atoms with Crippen LogP contribution in [-0.2, 0) is 0 Å². The number of halogens is 1. The van der Waals surface area contributed by atoms with Gasteiger partial charge in [-0.2, -0.15) is 5.10 Å². The van der Waals surface area contributed by atoms with Crippen LogP contribution in [0.2, 0.25) is 5.02 Å². The molecule has 7 heteroatoms. The molecule has 1 aromatic carbocycles. The lowest BCUT2D eigenvalue weighted by atomic mass is 10.3. The molecular formula is C9H7ClN4O2. The number of hydrogen-bond acceptors (Lipinski definition) is 4. The van der Waals surface area contributed by atoms with E-state index in [1.165, 1.54) is 0 Å². The number of nitrogens with zero attached hydrogens (tertiary/aromatic N) is 2. The van der Waals surface area contributed by atoms with E-state index in [9.17, 15) is 10.1 Å². The van der Waals surface area contributed by atoms with Crippen molar-refractivity contribution in [2.75, 3.05) is 5.32 Å². The molecule has 2 N–H and O–H groups in total. The summed E-state index contributed by atoms with van der Waals surface area (Å²) in [5.74, 6) is 0.229. The van der Waals surface area contributed by atoms with Crippen LogP contribution >= 0.6 is 11.6 Å². The Kier molecular flexibility index (Phi) is 2.74. The maximum atomic E-state index is 10.6. The standard InChI is InChI=1S/C9H7ClN4O2/c10-6-2-1-3-7(4-6)12-9-8(14(15)16)5-11-13-9/h1-5H,(H2,11,12,13). The van der Waals surface area contributed by atoms with E-state index < -0.39 is 4.92 Å². The number of nitrogens with one attached hydrogen (secondary N) is 2. The summed E-state index contributed by atoms with van der Waals surface area (Å²) in [5.41, 5.74) is 0.542. The van der Waals surface area contributed by atoms with E-state index in [0.29, 0.717) is 10.7 Å². The molecule has 0 radical (unpaired) electrons. The predicted molar refractivity (Wildman–Crippen MR) is 60.0 cm³/mol. The van der Waals surface area contributed by atoms with Crippen molar-refractivity contribution in [1.29, 1.82) is 0 Å². The van der Waals surface area contributed by atoms with Gasteiger partial charge in [0.05, 0.1) is 4.92 Å². The van der Waals surface area contributed by atoms with Gasteiger partial charge in [0.2, 0.25) is 5.82 Å². The molecule has 0 atom stereocenters. The SMILES string of the molecule is O=[N+]([O-])c1cn[nH]c1Nc1cccc(Cl)c1. The van der Waals surface area contributed by atoms with Crippen molar-refractivity contribution in [3.8, 4) is 0 Å². The van der Waals surface area contributed by atoms with Gasteiger partial charge in [0.15, 0.2) is 0 Å². The van der Waals surface area contributed by atoms with Crippen molar-refractivity contribution < 1.29 is 4.92 Å². The maximum Gasteiger partial charge on any atom is 0.330 e. The molecule has 1 aromatic heterocycles. The van der Waals surface area contributed by atoms with Crippen molar-refractivity contribution in [2.45, 2.75) is 0 Å². The van der Waals surface area contributed by atoms with Crippen LogP contribution in [-0.4, -0.2) is 15.1 Å². The van der Waals surface area contributed by atoms with Crippen LogP contribution in [0.5, 0.6) is 0 Å². The number of aromatic amines is 1. The van der Waals surface area contributed by atoms with Crippen LogP contribution in [0.1, 0.15) is 0 Å².